The van der Waals surface area contributed by atoms with Crippen LogP contribution in [0.4, 0.5) is 0 Å². The molecule has 0 atom stereocenters. The molecule has 0 fully saturated rings. The Morgan fingerprint density at radius 1 is 1.25 bits per heavy atom. The fourth-order valence-corrected chi connectivity index (χ4v) is 3.13. The van der Waals surface area contributed by atoms with Crippen LogP contribution >= 0.6 is 11.3 Å². The fraction of sp³-hybridized carbons (Fsp3) is 0.188. The Bertz CT molecular complexity index is 827. The molecule has 0 aliphatic rings. The van der Waals surface area contributed by atoms with Crippen molar-refractivity contribution in [1.82, 2.24) is 9.97 Å². The molecule has 0 radical (unpaired) electrons. The van der Waals surface area contributed by atoms with Crippen LogP contribution in [0.5, 0.6) is 0 Å². The lowest BCUT2D eigenvalue weighted by Gasteiger charge is -2.04. The van der Waals surface area contributed by atoms with Crippen molar-refractivity contribution in [2.75, 3.05) is 0 Å². The van der Waals surface area contributed by atoms with Crippen molar-refractivity contribution in [2.24, 2.45) is 0 Å². The van der Waals surface area contributed by atoms with Crippen LogP contribution in [0.1, 0.15) is 23.1 Å². The van der Waals surface area contributed by atoms with Crippen LogP contribution in [0, 0.1) is 18.3 Å². The summed E-state index contributed by atoms with van der Waals surface area (Å²) in [6, 6.07) is 11.7. The monoisotopic (exact) mass is 279 g/mol. The van der Waals surface area contributed by atoms with Gasteiger partial charge in [-0.25, -0.2) is 9.97 Å². The van der Waals surface area contributed by atoms with E-state index < -0.39 is 0 Å². The van der Waals surface area contributed by atoms with Gasteiger partial charge in [0, 0.05) is 15.8 Å². The van der Waals surface area contributed by atoms with Gasteiger partial charge in [-0.1, -0.05) is 19.1 Å². The van der Waals surface area contributed by atoms with Crippen molar-refractivity contribution in [3.8, 4) is 17.5 Å². The summed E-state index contributed by atoms with van der Waals surface area (Å²) in [6.07, 6.45) is 0.875. The van der Waals surface area contributed by atoms with E-state index in [1.54, 1.807) is 17.4 Å². The quantitative estimate of drug-likeness (QED) is 0.709. The number of hydrogen-bond acceptors (Lipinski definition) is 4. The highest BCUT2D eigenvalue weighted by molar-refractivity contribution is 7.18. The Kier molecular flexibility index (Phi) is 3.21. The number of thiophene rings is 1. The molecule has 0 aliphatic carbocycles. The van der Waals surface area contributed by atoms with E-state index in [0.29, 0.717) is 11.4 Å². The highest BCUT2D eigenvalue weighted by Crippen LogP contribution is 2.28. The van der Waals surface area contributed by atoms with Gasteiger partial charge in [0.15, 0.2) is 5.82 Å². The molecule has 0 bridgehead atoms. The molecule has 0 N–H and O–H groups in total. The van der Waals surface area contributed by atoms with Crippen molar-refractivity contribution < 1.29 is 0 Å². The third-order valence-electron chi connectivity index (χ3n) is 3.18. The summed E-state index contributed by atoms with van der Waals surface area (Å²) in [7, 11) is 0. The van der Waals surface area contributed by atoms with Crippen LogP contribution in [0.25, 0.3) is 21.6 Å². The molecule has 1 aromatic carbocycles. The van der Waals surface area contributed by atoms with Crippen LogP contribution in [-0.2, 0) is 6.42 Å². The average Bonchev–Trinajstić information content (AvgIpc) is 2.86. The second kappa shape index (κ2) is 5.03. The summed E-state index contributed by atoms with van der Waals surface area (Å²) in [5, 5.41) is 10.1. The van der Waals surface area contributed by atoms with Gasteiger partial charge in [0.2, 0.25) is 0 Å². The zero-order valence-corrected chi connectivity index (χ0v) is 12.2. The van der Waals surface area contributed by atoms with E-state index in [2.05, 4.69) is 36.0 Å². The lowest BCUT2D eigenvalue weighted by molar-refractivity contribution is 1.04. The summed E-state index contributed by atoms with van der Waals surface area (Å²) in [4.78, 5) is 11.6. The van der Waals surface area contributed by atoms with Gasteiger partial charge in [0.25, 0.3) is 0 Å². The van der Waals surface area contributed by atoms with Crippen LogP contribution in [0.2, 0.25) is 0 Å². The molecule has 0 unspecified atom stereocenters. The number of aromatic nitrogens is 2. The van der Waals surface area contributed by atoms with E-state index in [9.17, 15) is 0 Å². The van der Waals surface area contributed by atoms with Gasteiger partial charge in [0.05, 0.1) is 17.3 Å². The van der Waals surface area contributed by atoms with Crippen molar-refractivity contribution in [3.63, 3.8) is 0 Å². The lowest BCUT2D eigenvalue weighted by Crippen LogP contribution is -1.95. The van der Waals surface area contributed by atoms with Crippen molar-refractivity contribution in [3.05, 3.63) is 46.5 Å². The normalized spacial score (nSPS) is 10.7. The molecule has 3 aromatic rings. The van der Waals surface area contributed by atoms with Gasteiger partial charge in [-0.3, -0.25) is 0 Å². The molecule has 98 valence electrons. The van der Waals surface area contributed by atoms with E-state index in [1.165, 1.54) is 4.88 Å². The molecule has 0 aliphatic heterocycles. The Hall–Kier alpha value is -2.25. The van der Waals surface area contributed by atoms with Crippen molar-refractivity contribution in [2.45, 2.75) is 20.3 Å². The first-order valence-electron chi connectivity index (χ1n) is 6.49. The molecule has 3 nitrogen and oxygen atoms in total. The number of hydrogen-bond donors (Lipinski definition) is 0. The number of benzene rings is 1. The Labute approximate surface area is 121 Å². The molecule has 2 aromatic heterocycles. The zero-order valence-electron chi connectivity index (χ0n) is 11.3. The van der Waals surface area contributed by atoms with E-state index in [-0.39, 0.29) is 0 Å². The van der Waals surface area contributed by atoms with Gasteiger partial charge in [0.1, 0.15) is 4.83 Å². The Morgan fingerprint density at radius 3 is 2.85 bits per heavy atom. The summed E-state index contributed by atoms with van der Waals surface area (Å²) >= 11 is 1.68. The minimum absolute atomic E-state index is 0.631. The first-order chi connectivity index (χ1) is 9.71. The van der Waals surface area contributed by atoms with Crippen LogP contribution in [0.3, 0.4) is 0 Å². The molecule has 0 saturated carbocycles. The van der Waals surface area contributed by atoms with Gasteiger partial charge < -0.3 is 0 Å². The maximum atomic E-state index is 9.00. The molecule has 0 amide bonds. The van der Waals surface area contributed by atoms with Crippen molar-refractivity contribution in [1.29, 1.82) is 5.26 Å². The maximum absolute atomic E-state index is 9.00. The van der Waals surface area contributed by atoms with E-state index >= 15 is 0 Å². The number of rotatable bonds is 2. The summed E-state index contributed by atoms with van der Waals surface area (Å²) in [5.41, 5.74) is 2.59. The molecular formula is C16H13N3S. The molecule has 4 heteroatoms. The number of aryl methyl sites for hydroxylation is 2. The van der Waals surface area contributed by atoms with Crippen molar-refractivity contribution >= 4 is 21.6 Å². The number of fused-ring (bicyclic) bond motifs is 1. The highest BCUT2D eigenvalue weighted by Gasteiger charge is 2.11. The van der Waals surface area contributed by atoms with E-state index in [0.717, 1.165) is 27.9 Å². The summed E-state index contributed by atoms with van der Waals surface area (Å²) in [6.45, 7) is 4.19. The molecule has 3 rings (SSSR count). The molecule has 20 heavy (non-hydrogen) atoms. The maximum Gasteiger partial charge on any atom is 0.161 e. The molecule has 0 saturated heterocycles. The number of nitriles is 1. The zero-order chi connectivity index (χ0) is 14.1. The van der Waals surface area contributed by atoms with Gasteiger partial charge >= 0.3 is 0 Å². The number of nitrogens with zero attached hydrogens (tertiary/aromatic N) is 3. The minimum Gasteiger partial charge on any atom is -0.232 e. The largest absolute Gasteiger partial charge is 0.232 e. The van der Waals surface area contributed by atoms with Crippen LogP contribution in [0.15, 0.2) is 30.3 Å². The van der Waals surface area contributed by atoms with Crippen LogP contribution < -0.4 is 0 Å². The van der Waals surface area contributed by atoms with E-state index in [1.807, 2.05) is 18.2 Å². The third kappa shape index (κ3) is 2.17. The van der Waals surface area contributed by atoms with Gasteiger partial charge in [-0.15, -0.1) is 11.3 Å². The second-order valence-corrected chi connectivity index (χ2v) is 5.85. The fourth-order valence-electron chi connectivity index (χ4n) is 2.23. The predicted octanol–water partition coefficient (Wildman–Crippen LogP) is 4.10. The topological polar surface area (TPSA) is 49.6 Å². The average molecular weight is 279 g/mol. The Balaban J connectivity index is 2.23. The van der Waals surface area contributed by atoms with Gasteiger partial charge in [-0.2, -0.15) is 5.26 Å². The second-order valence-electron chi connectivity index (χ2n) is 4.62. The lowest BCUT2D eigenvalue weighted by atomic mass is 10.1. The van der Waals surface area contributed by atoms with Gasteiger partial charge in [-0.05, 0) is 31.5 Å². The predicted molar refractivity (Wildman–Crippen MR) is 81.7 cm³/mol. The minimum atomic E-state index is 0.631. The smallest absolute Gasteiger partial charge is 0.161 e. The standard InChI is InChI=1S/C16H13N3S/c1-3-14-13-7-10(2)20-16(13)19-15(18-14)12-6-4-5-11(8-12)9-17/h4-8H,3H2,1-2H3. The Morgan fingerprint density at radius 2 is 2.10 bits per heavy atom. The summed E-state index contributed by atoms with van der Waals surface area (Å²) in [5.74, 6) is 0.702. The third-order valence-corrected chi connectivity index (χ3v) is 4.12. The first-order valence-corrected chi connectivity index (χ1v) is 7.30. The summed E-state index contributed by atoms with van der Waals surface area (Å²) < 4.78 is 0. The molecule has 0 spiro atoms. The molecule has 2 heterocycles. The van der Waals surface area contributed by atoms with E-state index in [4.69, 9.17) is 5.26 Å². The SMILES string of the molecule is CCc1nc(-c2cccc(C#N)c2)nc2sc(C)cc12. The first kappa shape index (κ1) is 12.8. The highest BCUT2D eigenvalue weighted by atomic mass is 32.1. The molecular weight excluding hydrogens is 266 g/mol. The van der Waals surface area contributed by atoms with Crippen LogP contribution in [-0.4, -0.2) is 9.97 Å².